The number of anilines is 2. The first-order valence-corrected chi connectivity index (χ1v) is 11.4. The molecule has 27 heavy (non-hydrogen) atoms. The van der Waals surface area contributed by atoms with Crippen LogP contribution in [-0.4, -0.2) is 57.3 Å². The quantitative estimate of drug-likeness (QED) is 0.474. The molecule has 0 aliphatic carbocycles. The number of benzene rings is 1. The Balaban J connectivity index is 2.20. The second kappa shape index (κ2) is 9.24. The van der Waals surface area contributed by atoms with Gasteiger partial charge in [0.25, 0.3) is 0 Å². The van der Waals surface area contributed by atoms with Crippen LogP contribution >= 0.6 is 23.1 Å². The zero-order valence-electron chi connectivity index (χ0n) is 15.3. The van der Waals surface area contributed by atoms with E-state index in [1.165, 1.54) is 49.5 Å². The normalized spacial score (nSPS) is 11.1. The molecule has 1 amide bonds. The molecule has 148 valence electrons. The van der Waals surface area contributed by atoms with Crippen molar-refractivity contribution in [3.05, 3.63) is 18.2 Å². The van der Waals surface area contributed by atoms with Crippen molar-refractivity contribution in [3.8, 4) is 11.5 Å². The van der Waals surface area contributed by atoms with Crippen molar-refractivity contribution in [2.45, 2.75) is 11.3 Å². The molecule has 0 radical (unpaired) electrons. The number of methoxy groups -OCH3 is 2. The van der Waals surface area contributed by atoms with Gasteiger partial charge in [-0.3, -0.25) is 14.4 Å². The van der Waals surface area contributed by atoms with E-state index in [4.69, 9.17) is 9.47 Å². The van der Waals surface area contributed by atoms with E-state index in [1.807, 2.05) is 6.92 Å². The Kier molecular flexibility index (Phi) is 7.27. The summed E-state index contributed by atoms with van der Waals surface area (Å²) in [5.41, 5.74) is 0.282. The van der Waals surface area contributed by atoms with Crippen LogP contribution in [0.15, 0.2) is 22.5 Å². The summed E-state index contributed by atoms with van der Waals surface area (Å²) < 4.78 is 36.5. The van der Waals surface area contributed by atoms with Crippen LogP contribution in [0.3, 0.4) is 0 Å². The summed E-state index contributed by atoms with van der Waals surface area (Å²) in [4.78, 5) is 12.3. The highest BCUT2D eigenvalue weighted by atomic mass is 32.2. The fraction of sp³-hybridized carbons (Fsp3) is 0.400. The van der Waals surface area contributed by atoms with Crippen molar-refractivity contribution in [1.82, 2.24) is 10.2 Å². The molecule has 0 saturated carbocycles. The number of hydrogen-bond acceptors (Lipinski definition) is 9. The third kappa shape index (κ3) is 5.71. The van der Waals surface area contributed by atoms with Gasteiger partial charge >= 0.3 is 0 Å². The van der Waals surface area contributed by atoms with Crippen molar-refractivity contribution in [3.63, 3.8) is 0 Å². The van der Waals surface area contributed by atoms with Gasteiger partial charge in [0.2, 0.25) is 21.1 Å². The van der Waals surface area contributed by atoms with E-state index >= 15 is 0 Å². The minimum Gasteiger partial charge on any atom is -0.493 e. The lowest BCUT2D eigenvalue weighted by Gasteiger charge is -2.22. The Morgan fingerprint density at radius 1 is 1.26 bits per heavy atom. The summed E-state index contributed by atoms with van der Waals surface area (Å²) in [5.74, 6) is 1.12. The molecule has 0 atom stereocenters. The van der Waals surface area contributed by atoms with E-state index in [0.29, 0.717) is 16.6 Å². The highest BCUT2D eigenvalue weighted by Crippen LogP contribution is 2.32. The fourth-order valence-electron chi connectivity index (χ4n) is 2.11. The summed E-state index contributed by atoms with van der Waals surface area (Å²) in [5, 5.41) is 10.7. The van der Waals surface area contributed by atoms with Crippen LogP contribution in [0.2, 0.25) is 0 Å². The van der Waals surface area contributed by atoms with Crippen LogP contribution in [0.5, 0.6) is 11.5 Å². The van der Waals surface area contributed by atoms with Crippen LogP contribution in [0.4, 0.5) is 10.8 Å². The minimum atomic E-state index is -3.71. The Morgan fingerprint density at radius 2 is 1.96 bits per heavy atom. The second-order valence-corrected chi connectivity index (χ2v) is 9.56. The van der Waals surface area contributed by atoms with Gasteiger partial charge in [0.1, 0.15) is 6.54 Å². The molecule has 1 heterocycles. The molecule has 2 rings (SSSR count). The van der Waals surface area contributed by atoms with E-state index in [2.05, 4.69) is 15.5 Å². The number of nitrogens with one attached hydrogen (secondary N) is 1. The molecule has 1 N–H and O–H groups in total. The molecule has 9 nitrogen and oxygen atoms in total. The molecule has 0 fully saturated rings. The molecule has 2 aromatic rings. The molecule has 0 saturated heterocycles. The van der Waals surface area contributed by atoms with Gasteiger partial charge in [-0.25, -0.2) is 8.42 Å². The molecule has 0 unspecified atom stereocenters. The Labute approximate surface area is 166 Å². The predicted molar refractivity (Wildman–Crippen MR) is 107 cm³/mol. The van der Waals surface area contributed by atoms with Crippen LogP contribution in [-0.2, 0) is 14.8 Å². The highest BCUT2D eigenvalue weighted by molar-refractivity contribution is 8.01. The van der Waals surface area contributed by atoms with Gasteiger partial charge in [-0.1, -0.05) is 30.0 Å². The molecule has 0 bridgehead atoms. The average Bonchev–Trinajstić information content (AvgIpc) is 3.05. The summed E-state index contributed by atoms with van der Waals surface area (Å²) in [6.07, 6.45) is 1.03. The number of rotatable bonds is 9. The first kappa shape index (κ1) is 21.3. The van der Waals surface area contributed by atoms with Gasteiger partial charge in [-0.15, -0.1) is 10.2 Å². The van der Waals surface area contributed by atoms with Crippen LogP contribution in [0, 0.1) is 0 Å². The predicted octanol–water partition coefficient (Wildman–Crippen LogP) is 2.07. The van der Waals surface area contributed by atoms with Gasteiger partial charge in [0.15, 0.2) is 15.8 Å². The van der Waals surface area contributed by atoms with E-state index in [1.54, 1.807) is 6.07 Å². The smallest absolute Gasteiger partial charge is 0.246 e. The molecule has 12 heteroatoms. The lowest BCUT2D eigenvalue weighted by atomic mass is 10.2. The summed E-state index contributed by atoms with van der Waals surface area (Å²) in [7, 11) is -0.790. The minimum absolute atomic E-state index is 0.282. The highest BCUT2D eigenvalue weighted by Gasteiger charge is 2.23. The van der Waals surface area contributed by atoms with Gasteiger partial charge in [0.05, 0.1) is 26.2 Å². The number of carbonyl (C=O) groups excluding carboxylic acids is 1. The fourth-order valence-corrected chi connectivity index (χ4v) is 4.62. The number of sulfonamides is 1. The van der Waals surface area contributed by atoms with E-state index in [9.17, 15) is 13.2 Å². The summed E-state index contributed by atoms with van der Waals surface area (Å²) in [6, 6.07) is 4.61. The average molecular weight is 433 g/mol. The molecule has 0 aliphatic rings. The lowest BCUT2D eigenvalue weighted by Crippen LogP contribution is -2.37. The number of hydrogen-bond donors (Lipinski definition) is 1. The maximum absolute atomic E-state index is 12.3. The Bertz CT molecular complexity index is 901. The van der Waals surface area contributed by atoms with Crippen molar-refractivity contribution >= 4 is 49.8 Å². The van der Waals surface area contributed by atoms with E-state index in [-0.39, 0.29) is 5.69 Å². The SMILES string of the molecule is CCSc1nnc(NC(=O)CN(c2ccc(OC)c(OC)c2)S(C)(=O)=O)s1. The molecule has 1 aromatic heterocycles. The van der Waals surface area contributed by atoms with Crippen LogP contribution in [0.1, 0.15) is 6.92 Å². The number of thioether (sulfide) groups is 1. The first-order chi connectivity index (χ1) is 12.8. The van der Waals surface area contributed by atoms with Crippen molar-refractivity contribution in [2.24, 2.45) is 0 Å². The van der Waals surface area contributed by atoms with Crippen molar-refractivity contribution in [2.75, 3.05) is 42.4 Å². The zero-order chi connectivity index (χ0) is 20.0. The Morgan fingerprint density at radius 3 is 2.56 bits per heavy atom. The summed E-state index contributed by atoms with van der Waals surface area (Å²) >= 11 is 2.74. The molecular formula is C15H20N4O5S3. The second-order valence-electron chi connectivity index (χ2n) is 5.16. The maximum atomic E-state index is 12.3. The lowest BCUT2D eigenvalue weighted by molar-refractivity contribution is -0.114. The third-order valence-corrected chi connectivity index (χ3v) is 6.26. The van der Waals surface area contributed by atoms with Gasteiger partial charge in [-0.2, -0.15) is 0 Å². The molecular weight excluding hydrogens is 412 g/mol. The summed E-state index contributed by atoms with van der Waals surface area (Å²) in [6.45, 7) is 1.57. The topological polar surface area (TPSA) is 111 Å². The number of amides is 1. The molecule has 0 spiro atoms. The number of carbonyl (C=O) groups is 1. The van der Waals surface area contributed by atoms with Crippen molar-refractivity contribution in [1.29, 1.82) is 0 Å². The Hall–Kier alpha value is -2.05. The van der Waals surface area contributed by atoms with E-state index < -0.39 is 22.5 Å². The number of ether oxygens (including phenoxy) is 2. The van der Waals surface area contributed by atoms with Crippen LogP contribution in [0.25, 0.3) is 0 Å². The van der Waals surface area contributed by atoms with Crippen molar-refractivity contribution < 1.29 is 22.7 Å². The standard InChI is InChI=1S/C15H20N4O5S3/c1-5-25-15-18-17-14(26-15)16-13(20)9-19(27(4,21)22)10-6-7-11(23-2)12(8-10)24-3/h6-8H,5,9H2,1-4H3,(H,16,17,20). The van der Waals surface area contributed by atoms with Gasteiger partial charge in [0, 0.05) is 6.07 Å². The monoisotopic (exact) mass is 432 g/mol. The maximum Gasteiger partial charge on any atom is 0.246 e. The first-order valence-electron chi connectivity index (χ1n) is 7.74. The van der Waals surface area contributed by atoms with Gasteiger partial charge < -0.3 is 9.47 Å². The number of aromatic nitrogens is 2. The van der Waals surface area contributed by atoms with E-state index in [0.717, 1.165) is 20.7 Å². The molecule has 0 aliphatic heterocycles. The van der Waals surface area contributed by atoms with Gasteiger partial charge in [-0.05, 0) is 17.9 Å². The number of nitrogens with zero attached hydrogens (tertiary/aromatic N) is 3. The largest absolute Gasteiger partial charge is 0.493 e. The zero-order valence-corrected chi connectivity index (χ0v) is 17.7. The van der Waals surface area contributed by atoms with Crippen LogP contribution < -0.4 is 19.1 Å². The molecule has 1 aromatic carbocycles. The third-order valence-electron chi connectivity index (χ3n) is 3.26.